The van der Waals surface area contributed by atoms with Crippen LogP contribution < -0.4 is 9.47 Å². The minimum Gasteiger partial charge on any atom is -0.493 e. The molecule has 0 heterocycles. The van der Waals surface area contributed by atoms with Gasteiger partial charge in [-0.2, -0.15) is 0 Å². The lowest BCUT2D eigenvalue weighted by atomic mass is 10.1. The molecule has 0 saturated heterocycles. The van der Waals surface area contributed by atoms with E-state index in [4.69, 9.17) is 21.1 Å². The first-order valence-electron chi connectivity index (χ1n) is 5.32. The Balaban J connectivity index is 3.20. The Labute approximate surface area is 114 Å². The second-order valence-corrected chi connectivity index (χ2v) is 4.32. The van der Waals surface area contributed by atoms with Crippen LogP contribution in [0.25, 0.3) is 0 Å². The standard InChI is InChI=1S/C12H14BrClO3/c1-3-16-11-6-12(17-4-2)9(13)5-8(11)10(15)7-14/h5-6H,3-4,7H2,1-2H3. The predicted molar refractivity (Wildman–Crippen MR) is 71.5 cm³/mol. The van der Waals surface area contributed by atoms with Crippen molar-refractivity contribution in [3.05, 3.63) is 22.2 Å². The maximum atomic E-state index is 11.7. The first kappa shape index (κ1) is 14.3. The smallest absolute Gasteiger partial charge is 0.181 e. The Hall–Kier alpha value is -0.740. The molecule has 1 rings (SSSR count). The summed E-state index contributed by atoms with van der Waals surface area (Å²) in [5.74, 6) is 0.922. The Morgan fingerprint density at radius 2 is 1.82 bits per heavy atom. The van der Waals surface area contributed by atoms with E-state index in [-0.39, 0.29) is 11.7 Å². The number of rotatable bonds is 6. The minimum absolute atomic E-state index is 0.0690. The Bertz CT molecular complexity index is 407. The summed E-state index contributed by atoms with van der Waals surface area (Å²) >= 11 is 8.92. The van der Waals surface area contributed by atoms with Gasteiger partial charge in [-0.15, -0.1) is 11.6 Å². The van der Waals surface area contributed by atoms with Crippen LogP contribution in [0.15, 0.2) is 16.6 Å². The molecule has 0 saturated carbocycles. The molecule has 0 aromatic heterocycles. The van der Waals surface area contributed by atoms with Crippen molar-refractivity contribution < 1.29 is 14.3 Å². The second kappa shape index (κ2) is 6.87. The van der Waals surface area contributed by atoms with Gasteiger partial charge >= 0.3 is 0 Å². The number of benzene rings is 1. The van der Waals surface area contributed by atoms with Crippen LogP contribution in [-0.2, 0) is 0 Å². The zero-order chi connectivity index (χ0) is 12.8. The summed E-state index contributed by atoms with van der Waals surface area (Å²) in [5, 5.41) is 0. The molecule has 0 atom stereocenters. The van der Waals surface area contributed by atoms with Crippen molar-refractivity contribution in [1.29, 1.82) is 0 Å². The number of hydrogen-bond donors (Lipinski definition) is 0. The monoisotopic (exact) mass is 320 g/mol. The van der Waals surface area contributed by atoms with Crippen LogP contribution in [0.4, 0.5) is 0 Å². The van der Waals surface area contributed by atoms with E-state index >= 15 is 0 Å². The van der Waals surface area contributed by atoms with Crippen molar-refractivity contribution in [2.24, 2.45) is 0 Å². The van der Waals surface area contributed by atoms with E-state index in [0.717, 1.165) is 4.47 Å². The van der Waals surface area contributed by atoms with Gasteiger partial charge in [0.2, 0.25) is 0 Å². The fourth-order valence-corrected chi connectivity index (χ4v) is 1.97. The van der Waals surface area contributed by atoms with Crippen LogP contribution in [-0.4, -0.2) is 24.9 Å². The quantitative estimate of drug-likeness (QED) is 0.592. The molecular weight excluding hydrogens is 307 g/mol. The van der Waals surface area contributed by atoms with Gasteiger partial charge in [0.1, 0.15) is 11.5 Å². The topological polar surface area (TPSA) is 35.5 Å². The lowest BCUT2D eigenvalue weighted by Gasteiger charge is -2.13. The van der Waals surface area contributed by atoms with Crippen LogP contribution in [0.2, 0.25) is 0 Å². The van der Waals surface area contributed by atoms with E-state index in [0.29, 0.717) is 30.3 Å². The molecule has 0 aliphatic heterocycles. The van der Waals surface area contributed by atoms with Gasteiger partial charge < -0.3 is 9.47 Å². The van der Waals surface area contributed by atoms with Gasteiger partial charge in [-0.25, -0.2) is 0 Å². The summed E-state index contributed by atoms with van der Waals surface area (Å²) < 4.78 is 11.6. The van der Waals surface area contributed by atoms with E-state index in [1.165, 1.54) is 0 Å². The number of hydrogen-bond acceptors (Lipinski definition) is 3. The molecule has 0 amide bonds. The first-order chi connectivity index (χ1) is 8.13. The number of alkyl halides is 1. The molecule has 94 valence electrons. The molecule has 3 nitrogen and oxygen atoms in total. The summed E-state index contributed by atoms with van der Waals surface area (Å²) in [6.07, 6.45) is 0. The van der Waals surface area contributed by atoms with Crippen molar-refractivity contribution in [1.82, 2.24) is 0 Å². The molecular formula is C12H14BrClO3. The van der Waals surface area contributed by atoms with Gasteiger partial charge in [0, 0.05) is 6.07 Å². The lowest BCUT2D eigenvalue weighted by molar-refractivity contribution is 0.101. The third kappa shape index (κ3) is 3.61. The zero-order valence-electron chi connectivity index (χ0n) is 9.76. The third-order valence-corrected chi connectivity index (χ3v) is 2.92. The summed E-state index contributed by atoms with van der Waals surface area (Å²) in [6, 6.07) is 3.39. The normalized spacial score (nSPS) is 10.1. The van der Waals surface area contributed by atoms with Crippen LogP contribution in [0.3, 0.4) is 0 Å². The highest BCUT2D eigenvalue weighted by Gasteiger charge is 2.15. The van der Waals surface area contributed by atoms with Gasteiger partial charge in [0.25, 0.3) is 0 Å². The summed E-state index contributed by atoms with van der Waals surface area (Å²) in [7, 11) is 0. The predicted octanol–water partition coefficient (Wildman–Crippen LogP) is 3.67. The highest BCUT2D eigenvalue weighted by Crippen LogP contribution is 2.33. The van der Waals surface area contributed by atoms with Gasteiger partial charge in [-0.05, 0) is 35.8 Å². The van der Waals surface area contributed by atoms with Crippen molar-refractivity contribution >= 4 is 33.3 Å². The summed E-state index contributed by atoms with van der Waals surface area (Å²) in [4.78, 5) is 11.7. The van der Waals surface area contributed by atoms with Crippen molar-refractivity contribution in [2.45, 2.75) is 13.8 Å². The van der Waals surface area contributed by atoms with Crippen LogP contribution >= 0.6 is 27.5 Å². The number of halogens is 2. The first-order valence-corrected chi connectivity index (χ1v) is 6.65. The van der Waals surface area contributed by atoms with E-state index < -0.39 is 0 Å². The van der Waals surface area contributed by atoms with Crippen molar-refractivity contribution in [3.8, 4) is 11.5 Å². The van der Waals surface area contributed by atoms with Gasteiger partial charge in [0.15, 0.2) is 5.78 Å². The largest absolute Gasteiger partial charge is 0.493 e. The Morgan fingerprint density at radius 3 is 2.35 bits per heavy atom. The van der Waals surface area contributed by atoms with Gasteiger partial charge in [0.05, 0.1) is 29.1 Å². The fourth-order valence-electron chi connectivity index (χ4n) is 1.37. The maximum absolute atomic E-state index is 11.7. The molecule has 0 aliphatic rings. The molecule has 5 heteroatoms. The van der Waals surface area contributed by atoms with E-state index in [1.54, 1.807) is 12.1 Å². The zero-order valence-corrected chi connectivity index (χ0v) is 12.1. The molecule has 0 fully saturated rings. The lowest BCUT2D eigenvalue weighted by Crippen LogP contribution is -2.06. The number of ketones is 1. The summed E-state index contributed by atoms with van der Waals surface area (Å²) in [6.45, 7) is 4.78. The van der Waals surface area contributed by atoms with Crippen molar-refractivity contribution in [3.63, 3.8) is 0 Å². The Morgan fingerprint density at radius 1 is 1.24 bits per heavy atom. The number of Topliss-reactive ketones (excluding diaryl/α,β-unsaturated/α-hetero) is 1. The second-order valence-electron chi connectivity index (χ2n) is 3.20. The average molecular weight is 322 g/mol. The van der Waals surface area contributed by atoms with Crippen molar-refractivity contribution in [2.75, 3.05) is 19.1 Å². The van der Waals surface area contributed by atoms with E-state index in [2.05, 4.69) is 15.9 Å². The fraction of sp³-hybridized carbons (Fsp3) is 0.417. The molecule has 0 aliphatic carbocycles. The Kier molecular flexibility index (Phi) is 5.78. The molecule has 17 heavy (non-hydrogen) atoms. The molecule has 0 spiro atoms. The van der Waals surface area contributed by atoms with Gasteiger partial charge in [-0.1, -0.05) is 0 Å². The molecule has 0 radical (unpaired) electrons. The number of carbonyl (C=O) groups is 1. The molecule has 1 aromatic rings. The molecule has 0 N–H and O–H groups in total. The van der Waals surface area contributed by atoms with Gasteiger partial charge in [-0.3, -0.25) is 4.79 Å². The summed E-state index contributed by atoms with van der Waals surface area (Å²) in [5.41, 5.74) is 0.470. The van der Waals surface area contributed by atoms with Crippen LogP contribution in [0.1, 0.15) is 24.2 Å². The number of ether oxygens (including phenoxy) is 2. The highest BCUT2D eigenvalue weighted by atomic mass is 79.9. The maximum Gasteiger partial charge on any atom is 0.181 e. The third-order valence-electron chi connectivity index (χ3n) is 2.06. The van der Waals surface area contributed by atoms with E-state index in [9.17, 15) is 4.79 Å². The molecule has 0 unspecified atom stereocenters. The van der Waals surface area contributed by atoms with Crippen LogP contribution in [0.5, 0.6) is 11.5 Å². The van der Waals surface area contributed by atoms with Crippen LogP contribution in [0, 0.1) is 0 Å². The SMILES string of the molecule is CCOc1cc(OCC)c(C(=O)CCl)cc1Br. The highest BCUT2D eigenvalue weighted by molar-refractivity contribution is 9.10. The minimum atomic E-state index is -0.168. The van der Waals surface area contributed by atoms with E-state index in [1.807, 2.05) is 13.8 Å². The molecule has 1 aromatic carbocycles. The molecule has 0 bridgehead atoms. The average Bonchev–Trinajstić information content (AvgIpc) is 2.32. The number of carbonyl (C=O) groups excluding carboxylic acids is 1.